The minimum Gasteiger partial charge on any atom is -0.481 e. The molecule has 0 aliphatic heterocycles. The lowest BCUT2D eigenvalue weighted by Crippen LogP contribution is -2.37. The Bertz CT molecular complexity index is 649. The van der Waals surface area contributed by atoms with Crippen LogP contribution < -0.4 is 4.74 Å². The van der Waals surface area contributed by atoms with Gasteiger partial charge in [-0.25, -0.2) is 0 Å². The molecule has 0 aliphatic rings. The zero-order chi connectivity index (χ0) is 16.8. The summed E-state index contributed by atoms with van der Waals surface area (Å²) in [5.41, 5.74) is 3.46. The normalized spacial score (nSPS) is 11.8. The number of hydrogen-bond donors (Lipinski definition) is 0. The number of rotatable bonds is 6. The van der Waals surface area contributed by atoms with Crippen LogP contribution in [0.2, 0.25) is 0 Å². The van der Waals surface area contributed by atoms with Gasteiger partial charge in [-0.05, 0) is 37.5 Å². The van der Waals surface area contributed by atoms with Crippen LogP contribution in [-0.2, 0) is 17.8 Å². The van der Waals surface area contributed by atoms with Crippen LogP contribution in [-0.4, -0.2) is 24.0 Å². The molecule has 3 heteroatoms. The Balaban J connectivity index is 1.99. The molecule has 3 nitrogen and oxygen atoms in total. The zero-order valence-electron chi connectivity index (χ0n) is 14.4. The lowest BCUT2D eigenvalue weighted by Gasteiger charge is -2.23. The fourth-order valence-corrected chi connectivity index (χ4v) is 2.51. The molecular formula is C20H25NO2. The van der Waals surface area contributed by atoms with Gasteiger partial charge in [-0.3, -0.25) is 4.79 Å². The summed E-state index contributed by atoms with van der Waals surface area (Å²) in [5.74, 6) is 0.774. The van der Waals surface area contributed by atoms with Gasteiger partial charge in [-0.2, -0.15) is 0 Å². The summed E-state index contributed by atoms with van der Waals surface area (Å²) < 4.78 is 5.88. The van der Waals surface area contributed by atoms with E-state index >= 15 is 0 Å². The topological polar surface area (TPSA) is 29.5 Å². The summed E-state index contributed by atoms with van der Waals surface area (Å²) in [6, 6.07) is 16.1. The van der Waals surface area contributed by atoms with Crippen LogP contribution >= 0.6 is 0 Å². The molecule has 0 saturated heterocycles. The summed E-state index contributed by atoms with van der Waals surface area (Å²) in [6.45, 7) is 6.53. The summed E-state index contributed by atoms with van der Waals surface area (Å²) in [7, 11) is 1.81. The number of para-hydroxylation sites is 1. The van der Waals surface area contributed by atoms with Gasteiger partial charge in [0.2, 0.25) is 0 Å². The molecule has 0 radical (unpaired) electrons. The van der Waals surface area contributed by atoms with Crippen LogP contribution in [0.1, 0.15) is 30.5 Å². The highest BCUT2D eigenvalue weighted by Gasteiger charge is 2.20. The first-order valence-corrected chi connectivity index (χ1v) is 8.06. The molecule has 0 aliphatic carbocycles. The Morgan fingerprint density at radius 3 is 2.43 bits per heavy atom. The molecular weight excluding hydrogens is 286 g/mol. The van der Waals surface area contributed by atoms with E-state index in [2.05, 4.69) is 38.1 Å². The number of benzene rings is 2. The maximum atomic E-state index is 12.5. The van der Waals surface area contributed by atoms with Crippen LogP contribution in [0.15, 0.2) is 48.5 Å². The number of carbonyl (C=O) groups excluding carboxylic acids is 1. The van der Waals surface area contributed by atoms with E-state index in [0.29, 0.717) is 6.54 Å². The van der Waals surface area contributed by atoms with E-state index in [4.69, 9.17) is 4.74 Å². The average molecular weight is 311 g/mol. The van der Waals surface area contributed by atoms with Crippen LogP contribution in [0.5, 0.6) is 5.75 Å². The molecule has 2 aromatic rings. The van der Waals surface area contributed by atoms with Gasteiger partial charge in [0.1, 0.15) is 5.75 Å². The van der Waals surface area contributed by atoms with Crippen molar-refractivity contribution in [3.63, 3.8) is 0 Å². The Morgan fingerprint density at radius 2 is 1.78 bits per heavy atom. The van der Waals surface area contributed by atoms with Crippen molar-refractivity contribution >= 4 is 5.91 Å². The fraction of sp³-hybridized carbons (Fsp3) is 0.350. The highest BCUT2D eigenvalue weighted by molar-refractivity contribution is 5.80. The summed E-state index contributed by atoms with van der Waals surface area (Å²) in [5, 5.41) is 0. The van der Waals surface area contributed by atoms with Crippen molar-refractivity contribution in [1.29, 1.82) is 0 Å². The number of nitrogens with zero attached hydrogens (tertiary/aromatic N) is 1. The number of carbonyl (C=O) groups is 1. The summed E-state index contributed by atoms with van der Waals surface area (Å²) in [4.78, 5) is 14.2. The largest absolute Gasteiger partial charge is 0.481 e. The minimum absolute atomic E-state index is 0.0171. The molecule has 0 fully saturated rings. The number of aryl methyl sites for hydroxylation is 2. The molecule has 2 rings (SSSR count). The van der Waals surface area contributed by atoms with E-state index in [-0.39, 0.29) is 5.91 Å². The molecule has 2 aromatic carbocycles. The van der Waals surface area contributed by atoms with Crippen molar-refractivity contribution in [3.05, 3.63) is 65.2 Å². The Hall–Kier alpha value is -2.29. The number of amides is 1. The maximum Gasteiger partial charge on any atom is 0.263 e. The minimum atomic E-state index is -0.502. The third-order valence-electron chi connectivity index (χ3n) is 3.92. The lowest BCUT2D eigenvalue weighted by molar-refractivity contribution is -0.137. The van der Waals surface area contributed by atoms with Crippen molar-refractivity contribution in [2.45, 2.75) is 39.8 Å². The van der Waals surface area contributed by atoms with Gasteiger partial charge in [-0.1, -0.05) is 55.0 Å². The molecule has 1 amide bonds. The van der Waals surface area contributed by atoms with E-state index < -0.39 is 6.10 Å². The fourth-order valence-electron chi connectivity index (χ4n) is 2.51. The first-order chi connectivity index (χ1) is 11.0. The Kier molecular flexibility index (Phi) is 5.80. The molecule has 0 heterocycles. The number of ether oxygens (including phenoxy) is 1. The van der Waals surface area contributed by atoms with Crippen molar-refractivity contribution in [2.75, 3.05) is 7.05 Å². The van der Waals surface area contributed by atoms with E-state index in [1.165, 1.54) is 5.56 Å². The number of likely N-dealkylation sites (N-methyl/N-ethyl adjacent to an activating group) is 1. The second kappa shape index (κ2) is 7.82. The Labute approximate surface area is 138 Å². The predicted molar refractivity (Wildman–Crippen MR) is 93.6 cm³/mol. The lowest BCUT2D eigenvalue weighted by atomic mass is 10.1. The van der Waals surface area contributed by atoms with Gasteiger partial charge in [0, 0.05) is 13.6 Å². The van der Waals surface area contributed by atoms with E-state index in [1.807, 2.05) is 31.3 Å². The van der Waals surface area contributed by atoms with Gasteiger partial charge in [-0.15, -0.1) is 0 Å². The third kappa shape index (κ3) is 4.59. The van der Waals surface area contributed by atoms with E-state index in [0.717, 1.165) is 23.3 Å². The van der Waals surface area contributed by atoms with Gasteiger partial charge >= 0.3 is 0 Å². The van der Waals surface area contributed by atoms with Gasteiger partial charge in [0.05, 0.1) is 0 Å². The maximum absolute atomic E-state index is 12.5. The molecule has 0 unspecified atom stereocenters. The molecule has 0 aromatic heterocycles. The molecule has 0 N–H and O–H groups in total. The van der Waals surface area contributed by atoms with Crippen LogP contribution in [0, 0.1) is 6.92 Å². The van der Waals surface area contributed by atoms with Crippen LogP contribution in [0.4, 0.5) is 0 Å². The molecule has 0 spiro atoms. The highest BCUT2D eigenvalue weighted by Crippen LogP contribution is 2.20. The molecule has 122 valence electrons. The highest BCUT2D eigenvalue weighted by atomic mass is 16.5. The first-order valence-electron chi connectivity index (χ1n) is 8.06. The van der Waals surface area contributed by atoms with Gasteiger partial charge in [0.15, 0.2) is 6.10 Å². The van der Waals surface area contributed by atoms with Crippen molar-refractivity contribution in [3.8, 4) is 5.75 Å². The third-order valence-corrected chi connectivity index (χ3v) is 3.92. The van der Waals surface area contributed by atoms with Crippen molar-refractivity contribution < 1.29 is 9.53 Å². The van der Waals surface area contributed by atoms with Gasteiger partial charge < -0.3 is 9.64 Å². The second-order valence-corrected chi connectivity index (χ2v) is 5.90. The van der Waals surface area contributed by atoms with Gasteiger partial charge in [0.25, 0.3) is 5.91 Å². The molecule has 1 atom stereocenters. The van der Waals surface area contributed by atoms with Crippen molar-refractivity contribution in [1.82, 2.24) is 4.90 Å². The summed E-state index contributed by atoms with van der Waals surface area (Å²) in [6.07, 6.45) is 0.383. The number of hydrogen-bond acceptors (Lipinski definition) is 2. The zero-order valence-corrected chi connectivity index (χ0v) is 14.4. The quantitative estimate of drug-likeness (QED) is 0.807. The van der Waals surface area contributed by atoms with Crippen molar-refractivity contribution in [2.24, 2.45) is 0 Å². The SMILES string of the molecule is CCc1ccccc1O[C@H](C)C(=O)N(C)Cc1ccc(C)cc1. The molecule has 23 heavy (non-hydrogen) atoms. The van der Waals surface area contributed by atoms with Crippen LogP contribution in [0.25, 0.3) is 0 Å². The standard InChI is InChI=1S/C20H25NO2/c1-5-18-8-6-7-9-19(18)23-16(3)20(22)21(4)14-17-12-10-15(2)11-13-17/h6-13,16H,5,14H2,1-4H3/t16-/m1/s1. The van der Waals surface area contributed by atoms with E-state index in [9.17, 15) is 4.79 Å². The van der Waals surface area contributed by atoms with Crippen LogP contribution in [0.3, 0.4) is 0 Å². The monoisotopic (exact) mass is 311 g/mol. The smallest absolute Gasteiger partial charge is 0.263 e. The predicted octanol–water partition coefficient (Wildman–Crippen LogP) is 3.98. The summed E-state index contributed by atoms with van der Waals surface area (Å²) >= 11 is 0. The average Bonchev–Trinajstić information content (AvgIpc) is 2.56. The molecule has 0 saturated carbocycles. The van der Waals surface area contributed by atoms with E-state index in [1.54, 1.807) is 11.8 Å². The molecule has 0 bridgehead atoms. The Morgan fingerprint density at radius 1 is 1.13 bits per heavy atom. The second-order valence-electron chi connectivity index (χ2n) is 5.90. The first kappa shape index (κ1) is 17.1.